The van der Waals surface area contributed by atoms with Crippen molar-refractivity contribution in [2.24, 2.45) is 0 Å². The van der Waals surface area contributed by atoms with Gasteiger partial charge < -0.3 is 0 Å². The van der Waals surface area contributed by atoms with Crippen molar-refractivity contribution in [2.75, 3.05) is 11.7 Å². The summed E-state index contributed by atoms with van der Waals surface area (Å²) in [5, 5.41) is 0. The summed E-state index contributed by atoms with van der Waals surface area (Å²) < 4.78 is 30.0. The van der Waals surface area contributed by atoms with Crippen molar-refractivity contribution < 1.29 is 17.9 Å². The summed E-state index contributed by atoms with van der Waals surface area (Å²) in [7, 11) is -5.78. The maximum absolute atomic E-state index is 10.1. The zero-order valence-electron chi connectivity index (χ0n) is 4.23. The lowest BCUT2D eigenvalue weighted by molar-refractivity contribution is 0.506. The van der Waals surface area contributed by atoms with E-state index in [0.717, 1.165) is 6.26 Å². The molecule has 0 bridgehead atoms. The molecule has 0 saturated heterocycles. The van der Waals surface area contributed by atoms with Crippen molar-refractivity contribution in [3.05, 3.63) is 0 Å². The third-order valence-corrected chi connectivity index (χ3v) is 3.10. The van der Waals surface area contributed by atoms with Gasteiger partial charge in [-0.2, -0.15) is 4.89 Å². The molecule has 0 radical (unpaired) electrons. The lowest BCUT2D eigenvalue weighted by Gasteiger charge is -1.76. The molecule has 0 aliphatic heterocycles. The molecule has 4 nitrogen and oxygen atoms in total. The summed E-state index contributed by atoms with van der Waals surface area (Å²) in [6.45, 7) is 0. The fourth-order valence-corrected chi connectivity index (χ4v) is 1.81. The fraction of sp³-hybridized carbons (Fsp3) is 1.00. The monoisotopic (exact) mass is 157 g/mol. The van der Waals surface area contributed by atoms with Crippen LogP contribution < -0.4 is 0 Å². The van der Waals surface area contributed by atoms with Gasteiger partial charge >= 0.3 is 8.03 Å². The van der Waals surface area contributed by atoms with Gasteiger partial charge in [0.25, 0.3) is 5.49 Å². The van der Waals surface area contributed by atoms with Crippen LogP contribution in [0.2, 0.25) is 0 Å². The topological polar surface area (TPSA) is 71.4 Å². The van der Waals surface area contributed by atoms with E-state index in [4.69, 9.17) is 4.89 Å². The van der Waals surface area contributed by atoms with Crippen molar-refractivity contribution in [3.8, 4) is 0 Å². The van der Waals surface area contributed by atoms with Crippen LogP contribution in [0.1, 0.15) is 0 Å². The van der Waals surface area contributed by atoms with Gasteiger partial charge in [0.15, 0.2) is 9.84 Å². The lowest BCUT2D eigenvalue weighted by Crippen LogP contribution is -1.97. The first-order valence-electron chi connectivity index (χ1n) is 1.73. The van der Waals surface area contributed by atoms with Crippen LogP contribution in [-0.2, 0) is 14.4 Å². The Morgan fingerprint density at radius 1 is 1.62 bits per heavy atom. The van der Waals surface area contributed by atoms with Crippen molar-refractivity contribution >= 4 is 17.9 Å². The van der Waals surface area contributed by atoms with Crippen LogP contribution in [0.5, 0.6) is 0 Å². The Balaban J connectivity index is 3.95. The molecular formula is C2H6O4PS+. The molecule has 0 heterocycles. The number of sulfone groups is 1. The van der Waals surface area contributed by atoms with Gasteiger partial charge in [0.1, 0.15) is 0 Å². The van der Waals surface area contributed by atoms with Gasteiger partial charge in [0.05, 0.1) is 0 Å². The second kappa shape index (κ2) is 2.53. The molecule has 1 unspecified atom stereocenters. The van der Waals surface area contributed by atoms with E-state index in [0.29, 0.717) is 0 Å². The minimum Gasteiger partial charge on any atom is -0.225 e. The van der Waals surface area contributed by atoms with Gasteiger partial charge in [-0.1, -0.05) is 0 Å². The summed E-state index contributed by atoms with van der Waals surface area (Å²) in [5.74, 6) is 0. The van der Waals surface area contributed by atoms with E-state index in [1.54, 1.807) is 0 Å². The molecule has 1 atom stereocenters. The smallest absolute Gasteiger partial charge is 0.225 e. The Morgan fingerprint density at radius 3 is 2.00 bits per heavy atom. The minimum absolute atomic E-state index is 0.637. The largest absolute Gasteiger partial charge is 0.521 e. The minimum atomic E-state index is -3.26. The average Bonchev–Trinajstić information content (AvgIpc) is 1.21. The zero-order valence-corrected chi connectivity index (χ0v) is 5.95. The Hall–Kier alpha value is 0.01000. The van der Waals surface area contributed by atoms with Crippen LogP contribution in [-0.4, -0.2) is 25.1 Å². The highest BCUT2D eigenvalue weighted by Crippen LogP contribution is 2.14. The van der Waals surface area contributed by atoms with E-state index >= 15 is 0 Å². The second-order valence-corrected chi connectivity index (χ2v) is 5.00. The highest BCUT2D eigenvalue weighted by atomic mass is 32.2. The predicted octanol–water partition coefficient (Wildman–Crippen LogP) is -0.277. The third kappa shape index (κ3) is 6.01. The highest BCUT2D eigenvalue weighted by Gasteiger charge is 2.18. The summed E-state index contributed by atoms with van der Waals surface area (Å²) in [6, 6.07) is 0. The van der Waals surface area contributed by atoms with E-state index in [-0.39, 0.29) is 0 Å². The van der Waals surface area contributed by atoms with Crippen LogP contribution >= 0.6 is 8.03 Å². The van der Waals surface area contributed by atoms with Crippen LogP contribution in [0, 0.1) is 0 Å². The van der Waals surface area contributed by atoms with Crippen molar-refractivity contribution in [3.63, 3.8) is 0 Å². The lowest BCUT2D eigenvalue weighted by atomic mass is 11.9. The molecule has 0 aliphatic rings. The summed E-state index contributed by atoms with van der Waals surface area (Å²) >= 11 is 0. The molecule has 0 aliphatic carbocycles. The van der Waals surface area contributed by atoms with Gasteiger partial charge in [-0.3, -0.25) is 0 Å². The van der Waals surface area contributed by atoms with Gasteiger partial charge in [0.2, 0.25) is 0 Å². The summed E-state index contributed by atoms with van der Waals surface area (Å²) in [4.78, 5) is 8.02. The SMILES string of the molecule is CS(=O)(=O)C[P+](=O)O. The molecular weight excluding hydrogens is 151 g/mol. The van der Waals surface area contributed by atoms with Crippen molar-refractivity contribution in [1.29, 1.82) is 0 Å². The number of hydrogen-bond donors (Lipinski definition) is 1. The average molecular weight is 157 g/mol. The number of rotatable bonds is 2. The van der Waals surface area contributed by atoms with E-state index in [2.05, 4.69) is 0 Å². The van der Waals surface area contributed by atoms with Crippen LogP contribution in [0.3, 0.4) is 0 Å². The highest BCUT2D eigenvalue weighted by molar-refractivity contribution is 7.95. The van der Waals surface area contributed by atoms with Gasteiger partial charge in [0, 0.05) is 6.26 Å². The van der Waals surface area contributed by atoms with E-state index in [1.165, 1.54) is 0 Å². The van der Waals surface area contributed by atoms with E-state index in [9.17, 15) is 13.0 Å². The maximum Gasteiger partial charge on any atom is 0.521 e. The third-order valence-electron chi connectivity index (χ3n) is 0.345. The maximum atomic E-state index is 10.1. The molecule has 0 rings (SSSR count). The molecule has 0 saturated carbocycles. The number of hydrogen-bond acceptors (Lipinski definition) is 3. The fourth-order valence-electron chi connectivity index (χ4n) is 0.201. The zero-order chi connectivity index (χ0) is 6.78. The predicted molar refractivity (Wildman–Crippen MR) is 29.5 cm³/mol. The molecule has 0 amide bonds. The standard InChI is InChI=1S/C2H5O4PS/c1-8(5,6)2-7(3)4/h2H2,1H3/p+1. The Morgan fingerprint density at radius 2 is 2.00 bits per heavy atom. The molecule has 0 aromatic heterocycles. The first-order chi connectivity index (χ1) is 3.42. The Labute approximate surface area is 48.3 Å². The van der Waals surface area contributed by atoms with Crippen molar-refractivity contribution in [2.45, 2.75) is 0 Å². The van der Waals surface area contributed by atoms with Crippen LogP contribution in [0.15, 0.2) is 0 Å². The molecule has 0 fully saturated rings. The Bertz CT molecular complexity index is 180. The first kappa shape index (κ1) is 8.01. The summed E-state index contributed by atoms with van der Waals surface area (Å²) in [6.07, 6.45) is 0.913. The molecule has 0 aromatic carbocycles. The molecule has 0 spiro atoms. The van der Waals surface area contributed by atoms with Gasteiger partial charge in [-0.15, -0.1) is 0 Å². The van der Waals surface area contributed by atoms with Crippen LogP contribution in [0.4, 0.5) is 0 Å². The Kier molecular flexibility index (Phi) is 2.53. The summed E-state index contributed by atoms with van der Waals surface area (Å²) in [5.41, 5.74) is -0.637. The van der Waals surface area contributed by atoms with Gasteiger partial charge in [-0.05, 0) is 4.57 Å². The molecule has 8 heavy (non-hydrogen) atoms. The van der Waals surface area contributed by atoms with Gasteiger partial charge in [-0.25, -0.2) is 8.42 Å². The van der Waals surface area contributed by atoms with E-state index in [1.807, 2.05) is 0 Å². The second-order valence-electron chi connectivity index (χ2n) is 1.41. The quantitative estimate of drug-likeness (QED) is 0.559. The normalized spacial score (nSPS) is 13.5. The molecule has 1 N–H and O–H groups in total. The van der Waals surface area contributed by atoms with Crippen molar-refractivity contribution in [1.82, 2.24) is 0 Å². The van der Waals surface area contributed by atoms with Crippen LogP contribution in [0.25, 0.3) is 0 Å². The molecule has 48 valence electrons. The molecule has 6 heteroatoms. The van der Waals surface area contributed by atoms with E-state index < -0.39 is 23.4 Å². The molecule has 0 aromatic rings. The first-order valence-corrected chi connectivity index (χ1v) is 5.19.